The molecule has 5 rings (SSSR count). The van der Waals surface area contributed by atoms with Crippen LogP contribution in [0, 0.1) is 15.5 Å². The van der Waals surface area contributed by atoms with Gasteiger partial charge in [-0.1, -0.05) is 36.6 Å². The van der Waals surface area contributed by atoms with Crippen LogP contribution in [-0.4, -0.2) is 34.4 Å². The molecule has 2 amide bonds. The largest absolute Gasteiger partial charge is 0.367 e. The zero-order valence-electron chi connectivity index (χ0n) is 17.6. The summed E-state index contributed by atoms with van der Waals surface area (Å²) >= 11 is 11.8. The smallest absolute Gasteiger partial charge is 0.269 e. The summed E-state index contributed by atoms with van der Waals surface area (Å²) in [6.45, 7) is 0.661. The van der Waals surface area contributed by atoms with Crippen molar-refractivity contribution in [2.24, 2.45) is 5.41 Å². The molecule has 3 aliphatic heterocycles. The number of carbonyl (C=O) groups is 2. The van der Waals surface area contributed by atoms with Crippen LogP contribution in [-0.2, 0) is 16.0 Å². The van der Waals surface area contributed by atoms with E-state index in [1.807, 2.05) is 0 Å². The van der Waals surface area contributed by atoms with E-state index in [1.165, 1.54) is 17.0 Å². The van der Waals surface area contributed by atoms with Crippen molar-refractivity contribution >= 4 is 57.8 Å². The van der Waals surface area contributed by atoms with Crippen molar-refractivity contribution in [3.8, 4) is 0 Å². The molecule has 0 aromatic heterocycles. The molecule has 1 N–H and O–H groups in total. The Kier molecular flexibility index (Phi) is 5.33. The van der Waals surface area contributed by atoms with Gasteiger partial charge in [-0.05, 0) is 48.8 Å². The van der Waals surface area contributed by atoms with Gasteiger partial charge in [0.15, 0.2) is 10.5 Å². The maximum Gasteiger partial charge on any atom is 0.269 e. The first-order valence-corrected chi connectivity index (χ1v) is 11.6. The second kappa shape index (κ2) is 8.07. The Bertz CT molecular complexity index is 1200. The average molecular weight is 485 g/mol. The number of non-ortho nitro benzene ring substituents is 1. The molecule has 0 radical (unpaired) electrons. The van der Waals surface area contributed by atoms with Crippen LogP contribution in [0.25, 0.3) is 0 Å². The predicted octanol–water partition coefficient (Wildman–Crippen LogP) is 3.99. The molecule has 2 saturated heterocycles. The molecule has 0 saturated carbocycles. The summed E-state index contributed by atoms with van der Waals surface area (Å²) < 4.78 is 0. The first-order valence-electron chi connectivity index (χ1n) is 10.8. The zero-order valence-corrected chi connectivity index (χ0v) is 19.2. The number of rotatable bonds is 2. The lowest BCUT2D eigenvalue weighted by Gasteiger charge is -2.52. The highest BCUT2D eigenvalue weighted by atomic mass is 35.5. The second-order valence-corrected chi connectivity index (χ2v) is 9.42. The molecule has 3 aliphatic rings. The van der Waals surface area contributed by atoms with Gasteiger partial charge in [0.05, 0.1) is 21.7 Å². The molecule has 2 aromatic carbocycles. The molecule has 0 aliphatic carbocycles. The molecule has 0 bridgehead atoms. The van der Waals surface area contributed by atoms with Crippen LogP contribution >= 0.6 is 23.8 Å². The van der Waals surface area contributed by atoms with Gasteiger partial charge in [-0.25, -0.2) is 0 Å². The van der Waals surface area contributed by atoms with Crippen molar-refractivity contribution in [1.29, 1.82) is 0 Å². The first kappa shape index (κ1) is 21.8. The van der Waals surface area contributed by atoms with Crippen molar-refractivity contribution in [2.75, 3.05) is 16.3 Å². The van der Waals surface area contributed by atoms with Crippen LogP contribution in [0.15, 0.2) is 42.5 Å². The SMILES string of the molecule is O=C1NC(=S)N(c2ccccc2Cl)C(=O)C12Cc1cc([N+](=O)[O-])ccc1N1CCCCCC12. The molecule has 8 nitrogen and oxygen atoms in total. The summed E-state index contributed by atoms with van der Waals surface area (Å²) in [5, 5.41) is 14.5. The molecule has 170 valence electrons. The lowest BCUT2D eigenvalue weighted by molar-refractivity contribution is -0.384. The van der Waals surface area contributed by atoms with Gasteiger partial charge >= 0.3 is 0 Å². The number of hydrogen-bond acceptors (Lipinski definition) is 6. The Morgan fingerprint density at radius 1 is 1.12 bits per heavy atom. The second-order valence-electron chi connectivity index (χ2n) is 8.63. The van der Waals surface area contributed by atoms with Gasteiger partial charge in [0.1, 0.15) is 0 Å². The normalized spacial score (nSPS) is 24.8. The Labute approximate surface area is 200 Å². The summed E-state index contributed by atoms with van der Waals surface area (Å²) in [4.78, 5) is 42.2. The predicted molar refractivity (Wildman–Crippen MR) is 129 cm³/mol. The molecular formula is C23H21ClN4O4S. The molecule has 2 unspecified atom stereocenters. The van der Waals surface area contributed by atoms with Crippen LogP contribution in [0.1, 0.15) is 31.2 Å². The monoisotopic (exact) mass is 484 g/mol. The summed E-state index contributed by atoms with van der Waals surface area (Å²) in [5.41, 5.74) is 0.306. The summed E-state index contributed by atoms with van der Waals surface area (Å²) in [5.74, 6) is -0.909. The fraction of sp³-hybridized carbons (Fsp3) is 0.348. The standard InChI is InChI=1S/C23H21ClN4O4S/c24-16-6-3-4-7-18(16)27-21(30)23(20(29)25-22(27)33)13-14-12-15(28(31)32)9-10-17(14)26-11-5-1-2-8-19(23)26/h3-4,6-7,9-10,12,19H,1-2,5,8,11,13H2,(H,25,29,33). The van der Waals surface area contributed by atoms with E-state index >= 15 is 0 Å². The number of nitro groups is 1. The fourth-order valence-corrected chi connectivity index (χ4v) is 5.88. The summed E-state index contributed by atoms with van der Waals surface area (Å²) in [7, 11) is 0. The highest BCUT2D eigenvalue weighted by Gasteiger charge is 2.61. The van der Waals surface area contributed by atoms with E-state index < -0.39 is 28.2 Å². The van der Waals surface area contributed by atoms with Gasteiger partial charge in [0, 0.05) is 30.8 Å². The number of nitrogens with zero attached hydrogens (tertiary/aromatic N) is 3. The van der Waals surface area contributed by atoms with Crippen molar-refractivity contribution in [3.05, 3.63) is 63.2 Å². The van der Waals surface area contributed by atoms with Crippen LogP contribution in [0.4, 0.5) is 17.1 Å². The Hall–Kier alpha value is -3.04. The number of carbonyl (C=O) groups excluding carboxylic acids is 2. The van der Waals surface area contributed by atoms with E-state index in [9.17, 15) is 19.7 Å². The van der Waals surface area contributed by atoms with Crippen molar-refractivity contribution in [3.63, 3.8) is 0 Å². The molecule has 1 spiro atoms. The molecule has 2 atom stereocenters. The Morgan fingerprint density at radius 3 is 2.67 bits per heavy atom. The summed E-state index contributed by atoms with van der Waals surface area (Å²) in [6, 6.07) is 11.1. The van der Waals surface area contributed by atoms with Crippen LogP contribution in [0.3, 0.4) is 0 Å². The van der Waals surface area contributed by atoms with Gasteiger partial charge in [0.25, 0.3) is 11.6 Å². The number of fused-ring (bicyclic) bond motifs is 4. The molecule has 3 heterocycles. The number of benzene rings is 2. The molecule has 33 heavy (non-hydrogen) atoms. The minimum Gasteiger partial charge on any atom is -0.367 e. The minimum atomic E-state index is -1.48. The molecule has 10 heteroatoms. The fourth-order valence-electron chi connectivity index (χ4n) is 5.39. The third-order valence-corrected chi connectivity index (χ3v) is 7.49. The molecule has 2 fully saturated rings. The zero-order chi connectivity index (χ0) is 23.3. The Morgan fingerprint density at radius 2 is 1.91 bits per heavy atom. The number of nitro benzene ring substituents is 1. The van der Waals surface area contributed by atoms with Crippen LogP contribution < -0.4 is 15.1 Å². The third kappa shape index (κ3) is 3.29. The van der Waals surface area contributed by atoms with Gasteiger partial charge in [-0.2, -0.15) is 0 Å². The van der Waals surface area contributed by atoms with Crippen molar-refractivity contribution in [1.82, 2.24) is 5.32 Å². The number of nitrogens with one attached hydrogen (secondary N) is 1. The number of para-hydroxylation sites is 1. The lowest BCUT2D eigenvalue weighted by Crippen LogP contribution is -2.72. The maximum atomic E-state index is 14.2. The third-order valence-electron chi connectivity index (χ3n) is 6.88. The van der Waals surface area contributed by atoms with Gasteiger partial charge in [-0.15, -0.1) is 0 Å². The van der Waals surface area contributed by atoms with Crippen molar-refractivity contribution < 1.29 is 14.5 Å². The van der Waals surface area contributed by atoms with E-state index in [0.717, 1.165) is 24.9 Å². The van der Waals surface area contributed by atoms with E-state index in [1.54, 1.807) is 30.3 Å². The molecular weight excluding hydrogens is 464 g/mol. The maximum absolute atomic E-state index is 14.2. The highest BCUT2D eigenvalue weighted by Crippen LogP contribution is 2.48. The topological polar surface area (TPSA) is 95.8 Å². The van der Waals surface area contributed by atoms with Gasteiger partial charge in [-0.3, -0.25) is 24.6 Å². The van der Waals surface area contributed by atoms with E-state index in [-0.39, 0.29) is 17.2 Å². The number of halogens is 1. The van der Waals surface area contributed by atoms with Gasteiger partial charge < -0.3 is 10.2 Å². The van der Waals surface area contributed by atoms with Crippen LogP contribution in [0.2, 0.25) is 5.02 Å². The van der Waals surface area contributed by atoms with E-state index in [4.69, 9.17) is 23.8 Å². The molecule has 2 aromatic rings. The highest BCUT2D eigenvalue weighted by molar-refractivity contribution is 7.80. The lowest BCUT2D eigenvalue weighted by atomic mass is 9.67. The summed E-state index contributed by atoms with van der Waals surface area (Å²) in [6.07, 6.45) is 3.47. The Balaban J connectivity index is 1.70. The van der Waals surface area contributed by atoms with E-state index in [0.29, 0.717) is 29.2 Å². The number of hydrogen-bond donors (Lipinski definition) is 1. The number of thiocarbonyl (C=S) groups is 1. The number of amides is 2. The number of anilines is 2. The van der Waals surface area contributed by atoms with Gasteiger partial charge in [0.2, 0.25) is 5.91 Å². The van der Waals surface area contributed by atoms with Crippen molar-refractivity contribution in [2.45, 2.75) is 38.1 Å². The quantitative estimate of drug-likeness (QED) is 0.300. The first-order chi connectivity index (χ1) is 15.8. The minimum absolute atomic E-state index is 0.0197. The average Bonchev–Trinajstić information content (AvgIpc) is 3.05. The van der Waals surface area contributed by atoms with E-state index in [2.05, 4.69) is 10.2 Å². The van der Waals surface area contributed by atoms with Crippen LogP contribution in [0.5, 0.6) is 0 Å².